The summed E-state index contributed by atoms with van der Waals surface area (Å²) < 4.78 is 1.54. The molecule has 2 N–H and O–H groups in total. The van der Waals surface area contributed by atoms with Gasteiger partial charge in [0.2, 0.25) is 0 Å². The molecular weight excluding hydrogens is 328 g/mol. The van der Waals surface area contributed by atoms with E-state index in [1.807, 2.05) is 47.4 Å². The molecule has 0 spiro atoms. The number of nitrogens with zero attached hydrogens (tertiary/aromatic N) is 5. The molecule has 4 rings (SSSR count). The third-order valence-electron chi connectivity index (χ3n) is 4.97. The zero-order chi connectivity index (χ0) is 17.9. The molecule has 2 heterocycles. The van der Waals surface area contributed by atoms with E-state index in [0.717, 1.165) is 5.69 Å². The first-order valence-electron chi connectivity index (χ1n) is 8.64. The van der Waals surface area contributed by atoms with Crippen molar-refractivity contribution in [3.05, 3.63) is 72.1 Å². The van der Waals surface area contributed by atoms with Gasteiger partial charge in [0, 0.05) is 24.6 Å². The van der Waals surface area contributed by atoms with E-state index < -0.39 is 0 Å². The fourth-order valence-corrected chi connectivity index (χ4v) is 3.60. The monoisotopic (exact) mass is 348 g/mol. The van der Waals surface area contributed by atoms with Crippen molar-refractivity contribution >= 4 is 5.91 Å². The highest BCUT2D eigenvalue weighted by atomic mass is 16.2. The minimum Gasteiger partial charge on any atom is -0.338 e. The molecule has 2 aromatic carbocycles. The van der Waals surface area contributed by atoms with Crippen molar-refractivity contribution in [1.29, 1.82) is 0 Å². The second-order valence-corrected chi connectivity index (χ2v) is 6.53. The second kappa shape index (κ2) is 7.05. The molecule has 1 fully saturated rings. The van der Waals surface area contributed by atoms with Gasteiger partial charge in [-0.1, -0.05) is 36.4 Å². The van der Waals surface area contributed by atoms with Gasteiger partial charge in [-0.15, -0.1) is 5.10 Å². The molecule has 2 atom stereocenters. The summed E-state index contributed by atoms with van der Waals surface area (Å²) in [4.78, 5) is 14.9. The summed E-state index contributed by atoms with van der Waals surface area (Å²) in [7, 11) is 0. The van der Waals surface area contributed by atoms with E-state index in [0.29, 0.717) is 25.2 Å². The van der Waals surface area contributed by atoms with Gasteiger partial charge in [0.05, 0.1) is 5.69 Å². The maximum absolute atomic E-state index is 13.0. The Labute approximate surface area is 151 Å². The molecule has 1 aromatic heterocycles. The van der Waals surface area contributed by atoms with Gasteiger partial charge in [-0.05, 0) is 46.7 Å². The molecule has 1 aliphatic rings. The molecule has 0 unspecified atom stereocenters. The Morgan fingerprint density at radius 2 is 1.96 bits per heavy atom. The third kappa shape index (κ3) is 3.09. The lowest BCUT2D eigenvalue weighted by molar-refractivity contribution is 0.0786. The summed E-state index contributed by atoms with van der Waals surface area (Å²) in [5.74, 6) is 0.550. The van der Waals surface area contributed by atoms with Gasteiger partial charge in [0.15, 0.2) is 0 Å². The lowest BCUT2D eigenvalue weighted by Gasteiger charge is -2.17. The first-order chi connectivity index (χ1) is 12.8. The summed E-state index contributed by atoms with van der Waals surface area (Å²) in [6, 6.07) is 17.6. The zero-order valence-electron chi connectivity index (χ0n) is 14.3. The lowest BCUT2D eigenvalue weighted by Crippen LogP contribution is -2.29. The summed E-state index contributed by atoms with van der Waals surface area (Å²) in [6.07, 6.45) is 1.51. The van der Waals surface area contributed by atoms with E-state index in [4.69, 9.17) is 5.73 Å². The maximum atomic E-state index is 13.0. The molecule has 7 nitrogen and oxygen atoms in total. The highest BCUT2D eigenvalue weighted by molar-refractivity contribution is 5.95. The molecule has 1 saturated heterocycles. The van der Waals surface area contributed by atoms with Crippen molar-refractivity contribution in [3.63, 3.8) is 0 Å². The summed E-state index contributed by atoms with van der Waals surface area (Å²) >= 11 is 0. The number of carbonyl (C=O) groups is 1. The normalized spacial score (nSPS) is 19.7. The molecule has 3 aromatic rings. The number of carbonyl (C=O) groups excluding carboxylic acids is 1. The van der Waals surface area contributed by atoms with Gasteiger partial charge < -0.3 is 10.6 Å². The van der Waals surface area contributed by atoms with E-state index in [2.05, 4.69) is 27.7 Å². The van der Waals surface area contributed by atoms with Crippen LogP contribution in [0.25, 0.3) is 5.69 Å². The van der Waals surface area contributed by atoms with Crippen LogP contribution >= 0.6 is 0 Å². The lowest BCUT2D eigenvalue weighted by atomic mass is 9.89. The fraction of sp³-hybridized carbons (Fsp3) is 0.263. The van der Waals surface area contributed by atoms with Gasteiger partial charge >= 0.3 is 0 Å². The van der Waals surface area contributed by atoms with E-state index in [1.54, 1.807) is 0 Å². The Kier molecular flexibility index (Phi) is 4.45. The number of likely N-dealkylation sites (tertiary alicyclic amines) is 1. The van der Waals surface area contributed by atoms with Gasteiger partial charge in [-0.25, -0.2) is 4.68 Å². The van der Waals surface area contributed by atoms with Crippen molar-refractivity contribution in [3.8, 4) is 5.69 Å². The molecule has 0 aliphatic carbocycles. The second-order valence-electron chi connectivity index (χ2n) is 6.53. The molecule has 0 bridgehead atoms. The Balaban J connectivity index is 1.56. The van der Waals surface area contributed by atoms with E-state index in [-0.39, 0.29) is 17.7 Å². The van der Waals surface area contributed by atoms with Crippen LogP contribution in [0.15, 0.2) is 60.9 Å². The van der Waals surface area contributed by atoms with Crippen LogP contribution in [0.5, 0.6) is 0 Å². The Hall–Kier alpha value is -3.06. The molecule has 0 saturated carbocycles. The van der Waals surface area contributed by atoms with Crippen LogP contribution < -0.4 is 5.73 Å². The molecule has 132 valence electrons. The predicted octanol–water partition coefficient (Wildman–Crippen LogP) is 1.48. The number of hydrogen-bond acceptors (Lipinski definition) is 5. The van der Waals surface area contributed by atoms with Crippen molar-refractivity contribution in [2.24, 2.45) is 11.7 Å². The number of rotatable bonds is 4. The van der Waals surface area contributed by atoms with Gasteiger partial charge in [0.25, 0.3) is 5.91 Å². The SMILES string of the molecule is NC[C@@H]1CN(C(=O)c2cccc(-n3cnnn3)c2)C[C@H]1c1ccccc1. The molecule has 26 heavy (non-hydrogen) atoms. The number of nitrogens with two attached hydrogens (primary N) is 1. The fourth-order valence-electron chi connectivity index (χ4n) is 3.60. The van der Waals surface area contributed by atoms with Crippen molar-refractivity contribution in [2.75, 3.05) is 19.6 Å². The van der Waals surface area contributed by atoms with Crippen molar-refractivity contribution in [2.45, 2.75) is 5.92 Å². The quantitative estimate of drug-likeness (QED) is 0.771. The minimum atomic E-state index is 0.0109. The minimum absolute atomic E-state index is 0.0109. The molecular formula is C19H20N6O. The number of amides is 1. The Morgan fingerprint density at radius 3 is 2.69 bits per heavy atom. The highest BCUT2D eigenvalue weighted by Gasteiger charge is 2.35. The van der Waals surface area contributed by atoms with Crippen molar-refractivity contribution < 1.29 is 4.79 Å². The van der Waals surface area contributed by atoms with Gasteiger partial charge in [-0.2, -0.15) is 0 Å². The van der Waals surface area contributed by atoms with Crippen LogP contribution in [0, 0.1) is 5.92 Å². The van der Waals surface area contributed by atoms with Crippen LogP contribution in [0.4, 0.5) is 0 Å². The molecule has 1 aliphatic heterocycles. The summed E-state index contributed by atoms with van der Waals surface area (Å²) in [5, 5.41) is 11.2. The van der Waals surface area contributed by atoms with E-state index >= 15 is 0 Å². The predicted molar refractivity (Wildman–Crippen MR) is 96.8 cm³/mol. The maximum Gasteiger partial charge on any atom is 0.253 e. The van der Waals surface area contributed by atoms with E-state index in [1.165, 1.54) is 16.6 Å². The average molecular weight is 348 g/mol. The van der Waals surface area contributed by atoms with Crippen LogP contribution in [0.2, 0.25) is 0 Å². The number of hydrogen-bond donors (Lipinski definition) is 1. The molecule has 0 radical (unpaired) electrons. The van der Waals surface area contributed by atoms with Crippen LogP contribution in [0.1, 0.15) is 21.8 Å². The Morgan fingerprint density at radius 1 is 1.12 bits per heavy atom. The van der Waals surface area contributed by atoms with Crippen LogP contribution in [-0.2, 0) is 0 Å². The smallest absolute Gasteiger partial charge is 0.253 e. The third-order valence-corrected chi connectivity index (χ3v) is 4.97. The van der Waals surface area contributed by atoms with Crippen molar-refractivity contribution in [1.82, 2.24) is 25.1 Å². The van der Waals surface area contributed by atoms with Crippen LogP contribution in [-0.4, -0.2) is 50.6 Å². The van der Waals surface area contributed by atoms with Gasteiger partial charge in [-0.3, -0.25) is 4.79 Å². The highest BCUT2D eigenvalue weighted by Crippen LogP contribution is 2.32. The zero-order valence-corrected chi connectivity index (χ0v) is 14.3. The standard InChI is InChI=1S/C19H20N6O/c20-10-16-11-24(12-18(16)14-5-2-1-3-6-14)19(26)15-7-4-8-17(9-15)25-13-21-22-23-25/h1-9,13,16,18H,10-12,20H2/t16-,18+/m1/s1. The Bertz CT molecular complexity index is 880. The number of aromatic nitrogens is 4. The van der Waals surface area contributed by atoms with Crippen LogP contribution in [0.3, 0.4) is 0 Å². The van der Waals surface area contributed by atoms with Gasteiger partial charge in [0.1, 0.15) is 6.33 Å². The summed E-state index contributed by atoms with van der Waals surface area (Å²) in [6.45, 7) is 1.91. The first-order valence-corrected chi connectivity index (χ1v) is 8.64. The first kappa shape index (κ1) is 16.4. The van der Waals surface area contributed by atoms with E-state index in [9.17, 15) is 4.79 Å². The largest absolute Gasteiger partial charge is 0.338 e. The average Bonchev–Trinajstić information content (AvgIpc) is 3.38. The number of benzene rings is 2. The number of tetrazole rings is 1. The summed E-state index contributed by atoms with van der Waals surface area (Å²) in [5.41, 5.74) is 8.61. The molecule has 7 heteroatoms. The molecule has 1 amide bonds. The topological polar surface area (TPSA) is 89.9 Å².